The maximum atomic E-state index is 12.5. The highest BCUT2D eigenvalue weighted by Gasteiger charge is 2.39. The van der Waals surface area contributed by atoms with Crippen molar-refractivity contribution in [1.29, 1.82) is 0 Å². The zero-order valence-electron chi connectivity index (χ0n) is 11.2. The first-order valence-electron chi connectivity index (χ1n) is 6.97. The van der Waals surface area contributed by atoms with Crippen LogP contribution >= 0.6 is 11.6 Å². The van der Waals surface area contributed by atoms with Gasteiger partial charge >= 0.3 is 0 Å². The highest BCUT2D eigenvalue weighted by atomic mass is 35.5. The van der Waals surface area contributed by atoms with Crippen molar-refractivity contribution in [3.63, 3.8) is 0 Å². The van der Waals surface area contributed by atoms with E-state index in [1.54, 1.807) is 17.0 Å². The Labute approximate surface area is 125 Å². The zero-order valence-corrected chi connectivity index (χ0v) is 11.9. The second-order valence-corrected chi connectivity index (χ2v) is 6.07. The van der Waals surface area contributed by atoms with Crippen LogP contribution < -0.4 is 5.32 Å². The van der Waals surface area contributed by atoms with Gasteiger partial charge in [0.15, 0.2) is 10.8 Å². The second kappa shape index (κ2) is 4.53. The van der Waals surface area contributed by atoms with E-state index in [0.717, 1.165) is 6.42 Å². The van der Waals surface area contributed by atoms with Gasteiger partial charge in [-0.1, -0.05) is 0 Å². The lowest BCUT2D eigenvalue weighted by molar-refractivity contribution is -0.123. The summed E-state index contributed by atoms with van der Waals surface area (Å²) in [5.41, 5.74) is 1.78. The van der Waals surface area contributed by atoms with Crippen LogP contribution in [0.15, 0.2) is 16.5 Å². The number of halogens is 1. The van der Waals surface area contributed by atoms with E-state index in [-0.39, 0.29) is 17.9 Å². The van der Waals surface area contributed by atoms with E-state index in [4.69, 9.17) is 16.0 Å². The third-order valence-corrected chi connectivity index (χ3v) is 4.51. The van der Waals surface area contributed by atoms with Gasteiger partial charge < -0.3 is 19.6 Å². The normalized spacial score (nSPS) is 25.2. The third-order valence-electron chi connectivity index (χ3n) is 4.32. The van der Waals surface area contributed by atoms with Gasteiger partial charge in [0, 0.05) is 31.6 Å². The molecule has 2 unspecified atom stereocenters. The fourth-order valence-corrected chi connectivity index (χ4v) is 3.46. The lowest BCUT2D eigenvalue weighted by Crippen LogP contribution is -2.44. The first-order chi connectivity index (χ1) is 10.1. The molecule has 2 aliphatic rings. The molecule has 110 valence electrons. The minimum atomic E-state index is -0.0684. The van der Waals surface area contributed by atoms with E-state index < -0.39 is 0 Å². The Morgan fingerprint density at radius 2 is 2.24 bits per heavy atom. The predicted octanol–water partition coefficient (Wildman–Crippen LogP) is 1.76. The second-order valence-electron chi connectivity index (χ2n) is 5.69. The molecule has 2 fully saturated rings. The summed E-state index contributed by atoms with van der Waals surface area (Å²) in [6.45, 7) is 1.25. The lowest BCUT2D eigenvalue weighted by atomic mass is 9.94. The molecule has 4 heterocycles. The number of hydrogen-bond acceptors (Lipinski definition) is 3. The predicted molar refractivity (Wildman–Crippen MR) is 76.1 cm³/mol. The van der Waals surface area contributed by atoms with Gasteiger partial charge in [0.1, 0.15) is 5.69 Å². The van der Waals surface area contributed by atoms with Gasteiger partial charge in [-0.3, -0.25) is 9.59 Å². The summed E-state index contributed by atoms with van der Waals surface area (Å²) in [5, 5.41) is 3.26. The summed E-state index contributed by atoms with van der Waals surface area (Å²) >= 11 is 5.76. The number of rotatable bonds is 1. The molecule has 2 aromatic rings. The van der Waals surface area contributed by atoms with Gasteiger partial charge in [-0.2, -0.15) is 0 Å². The summed E-state index contributed by atoms with van der Waals surface area (Å²) < 4.78 is 5.28. The summed E-state index contributed by atoms with van der Waals surface area (Å²) in [6, 6.07) is 3.41. The van der Waals surface area contributed by atoms with Crippen molar-refractivity contribution in [2.75, 3.05) is 13.1 Å². The number of carbonyl (C=O) groups excluding carboxylic acids is 2. The van der Waals surface area contributed by atoms with Crippen LogP contribution in [-0.4, -0.2) is 40.8 Å². The molecule has 2 atom stereocenters. The molecule has 0 aliphatic carbocycles. The van der Waals surface area contributed by atoms with Crippen molar-refractivity contribution in [3.05, 3.63) is 23.0 Å². The van der Waals surface area contributed by atoms with Crippen molar-refractivity contribution >= 4 is 34.5 Å². The number of nitrogens with zero attached hydrogens (tertiary/aromatic N) is 1. The average Bonchev–Trinajstić information content (AvgIpc) is 3.08. The van der Waals surface area contributed by atoms with Crippen LogP contribution in [0.1, 0.15) is 23.3 Å². The molecule has 2 amide bonds. The highest BCUT2D eigenvalue weighted by molar-refractivity contribution is 6.29. The number of likely N-dealkylation sites (tertiary alicyclic amines) is 1. The Morgan fingerprint density at radius 3 is 3.05 bits per heavy atom. The van der Waals surface area contributed by atoms with Crippen molar-refractivity contribution in [2.45, 2.75) is 18.9 Å². The number of furan rings is 1. The number of carbonyl (C=O) groups is 2. The first kappa shape index (κ1) is 12.8. The van der Waals surface area contributed by atoms with E-state index in [9.17, 15) is 9.59 Å². The third kappa shape index (κ3) is 2.10. The Morgan fingerprint density at radius 1 is 1.38 bits per heavy atom. The van der Waals surface area contributed by atoms with Crippen molar-refractivity contribution in [3.8, 4) is 0 Å². The molecule has 6 nitrogen and oxygen atoms in total. The molecule has 0 bridgehead atoms. The summed E-state index contributed by atoms with van der Waals surface area (Å²) in [6.07, 6.45) is 1.40. The standard InChI is InChI=1S/C14H14ClN3O3/c15-12-4-8-11(21-12)3-9(16-8)14(20)18-5-7-1-2-13(19)17-10(7)6-18/h3-4,7,10,16H,1-2,5-6H2,(H,17,19). The Balaban J connectivity index is 1.54. The largest absolute Gasteiger partial charge is 0.443 e. The van der Waals surface area contributed by atoms with E-state index in [1.165, 1.54) is 0 Å². The molecule has 2 aliphatic heterocycles. The molecule has 0 radical (unpaired) electrons. The SMILES string of the molecule is O=C1CCC2CN(C(=O)c3cc4oc(Cl)cc4[nH]3)CC2N1. The van der Waals surface area contributed by atoms with Crippen molar-refractivity contribution in [2.24, 2.45) is 5.92 Å². The van der Waals surface area contributed by atoms with Gasteiger partial charge in [0.25, 0.3) is 5.91 Å². The van der Waals surface area contributed by atoms with E-state index >= 15 is 0 Å². The minimum Gasteiger partial charge on any atom is -0.443 e. The molecule has 7 heteroatoms. The highest BCUT2D eigenvalue weighted by Crippen LogP contribution is 2.28. The number of aromatic nitrogens is 1. The number of nitrogens with one attached hydrogen (secondary N) is 2. The quantitative estimate of drug-likeness (QED) is 0.842. The lowest BCUT2D eigenvalue weighted by Gasteiger charge is -2.24. The van der Waals surface area contributed by atoms with Crippen LogP contribution in [0.3, 0.4) is 0 Å². The molecule has 2 saturated heterocycles. The molecule has 0 aromatic carbocycles. The van der Waals surface area contributed by atoms with Crippen LogP contribution in [0.5, 0.6) is 0 Å². The maximum Gasteiger partial charge on any atom is 0.270 e. The molecule has 21 heavy (non-hydrogen) atoms. The van der Waals surface area contributed by atoms with Crippen LogP contribution in [-0.2, 0) is 4.79 Å². The van der Waals surface area contributed by atoms with E-state index in [0.29, 0.717) is 47.4 Å². The Bertz CT molecular complexity index is 703. The topological polar surface area (TPSA) is 78.3 Å². The van der Waals surface area contributed by atoms with Gasteiger partial charge in [-0.25, -0.2) is 0 Å². The summed E-state index contributed by atoms with van der Waals surface area (Å²) in [4.78, 5) is 28.8. The monoisotopic (exact) mass is 307 g/mol. The maximum absolute atomic E-state index is 12.5. The summed E-state index contributed by atoms with van der Waals surface area (Å²) in [5.74, 6) is 0.373. The van der Waals surface area contributed by atoms with E-state index in [1.807, 2.05) is 0 Å². The van der Waals surface area contributed by atoms with Crippen LogP contribution in [0.4, 0.5) is 0 Å². The Hall–Kier alpha value is -1.95. The summed E-state index contributed by atoms with van der Waals surface area (Å²) in [7, 11) is 0. The zero-order chi connectivity index (χ0) is 14.6. The van der Waals surface area contributed by atoms with Gasteiger partial charge in [0.2, 0.25) is 5.91 Å². The number of H-pyrrole nitrogens is 1. The fraction of sp³-hybridized carbons (Fsp3) is 0.429. The van der Waals surface area contributed by atoms with Gasteiger partial charge in [-0.05, 0) is 23.9 Å². The molecule has 0 saturated carbocycles. The minimum absolute atomic E-state index is 0.0684. The van der Waals surface area contributed by atoms with Gasteiger partial charge in [0.05, 0.1) is 11.6 Å². The molecule has 2 aromatic heterocycles. The van der Waals surface area contributed by atoms with Crippen LogP contribution in [0, 0.1) is 5.92 Å². The average molecular weight is 308 g/mol. The van der Waals surface area contributed by atoms with Gasteiger partial charge in [-0.15, -0.1) is 0 Å². The molecule has 2 N–H and O–H groups in total. The van der Waals surface area contributed by atoms with E-state index in [2.05, 4.69) is 10.3 Å². The van der Waals surface area contributed by atoms with Crippen molar-refractivity contribution < 1.29 is 14.0 Å². The number of fused-ring (bicyclic) bond motifs is 2. The fourth-order valence-electron chi connectivity index (χ4n) is 3.27. The Kier molecular flexibility index (Phi) is 2.75. The molecular formula is C14H14ClN3O3. The number of hydrogen-bond donors (Lipinski definition) is 2. The number of amides is 2. The van der Waals surface area contributed by atoms with Crippen LogP contribution in [0.2, 0.25) is 5.22 Å². The van der Waals surface area contributed by atoms with Crippen LogP contribution in [0.25, 0.3) is 11.1 Å². The molecule has 4 rings (SSSR count). The number of aromatic amines is 1. The molecular weight excluding hydrogens is 294 g/mol. The first-order valence-corrected chi connectivity index (χ1v) is 7.34. The smallest absolute Gasteiger partial charge is 0.270 e. The van der Waals surface area contributed by atoms with Crippen molar-refractivity contribution in [1.82, 2.24) is 15.2 Å². The molecule has 0 spiro atoms. The number of piperidine rings is 1.